The number of benzene rings is 1. The molecule has 1 atom stereocenters. The van der Waals surface area contributed by atoms with Crippen LogP contribution in [0.3, 0.4) is 0 Å². The molecule has 0 bridgehead atoms. The maximum absolute atomic E-state index is 11.2. The minimum Gasteiger partial charge on any atom is -0.454 e. The molecule has 1 unspecified atom stereocenters. The van der Waals surface area contributed by atoms with Gasteiger partial charge in [-0.15, -0.1) is 0 Å². The van der Waals surface area contributed by atoms with Crippen molar-refractivity contribution in [3.8, 4) is 11.5 Å². The van der Waals surface area contributed by atoms with Crippen LogP contribution >= 0.6 is 0 Å². The van der Waals surface area contributed by atoms with E-state index in [0.717, 1.165) is 19.3 Å². The van der Waals surface area contributed by atoms with Gasteiger partial charge < -0.3 is 14.8 Å². The van der Waals surface area contributed by atoms with Crippen LogP contribution in [0.5, 0.6) is 11.5 Å². The summed E-state index contributed by atoms with van der Waals surface area (Å²) in [5, 5.41) is 14.6. The third kappa shape index (κ3) is 2.15. The number of hydrogen-bond donors (Lipinski definition) is 1. The van der Waals surface area contributed by atoms with Gasteiger partial charge in [-0.3, -0.25) is 10.1 Å². The fourth-order valence-electron chi connectivity index (χ4n) is 2.98. The first-order valence-electron chi connectivity index (χ1n) is 6.82. The molecule has 20 heavy (non-hydrogen) atoms. The molecule has 0 radical (unpaired) electrons. The van der Waals surface area contributed by atoms with E-state index in [1.165, 1.54) is 6.07 Å². The summed E-state index contributed by atoms with van der Waals surface area (Å²) in [6.07, 6.45) is 3.30. The molecule has 1 aliphatic heterocycles. The van der Waals surface area contributed by atoms with E-state index in [-0.39, 0.29) is 28.9 Å². The lowest BCUT2D eigenvalue weighted by Gasteiger charge is -2.28. The number of nitro groups is 1. The van der Waals surface area contributed by atoms with E-state index >= 15 is 0 Å². The Morgan fingerprint density at radius 1 is 1.35 bits per heavy atom. The van der Waals surface area contributed by atoms with Gasteiger partial charge >= 0.3 is 0 Å². The van der Waals surface area contributed by atoms with Gasteiger partial charge in [0.15, 0.2) is 11.5 Å². The standard InChI is InChI=1S/C14H18N2O4/c1-14(2)5-3-4-13(14)15-9-6-11-12(20-8-19-11)7-10(9)16(17)18/h6-7,13,15H,3-5,8H2,1-2H3. The molecule has 0 spiro atoms. The number of ether oxygens (including phenoxy) is 2. The van der Waals surface area contributed by atoms with Crippen molar-refractivity contribution >= 4 is 11.4 Å². The molecule has 0 aromatic heterocycles. The van der Waals surface area contributed by atoms with Crippen LogP contribution in [0.15, 0.2) is 12.1 Å². The third-order valence-corrected chi connectivity index (χ3v) is 4.27. The summed E-state index contributed by atoms with van der Waals surface area (Å²) in [4.78, 5) is 10.8. The van der Waals surface area contributed by atoms with Crippen molar-refractivity contribution in [1.82, 2.24) is 0 Å². The van der Waals surface area contributed by atoms with E-state index in [4.69, 9.17) is 9.47 Å². The first kappa shape index (κ1) is 13.0. The van der Waals surface area contributed by atoms with Crippen LogP contribution in [0.4, 0.5) is 11.4 Å². The fraction of sp³-hybridized carbons (Fsp3) is 0.571. The van der Waals surface area contributed by atoms with Crippen LogP contribution < -0.4 is 14.8 Å². The van der Waals surface area contributed by atoms with Gasteiger partial charge in [-0.25, -0.2) is 0 Å². The van der Waals surface area contributed by atoms with Crippen molar-refractivity contribution in [2.45, 2.75) is 39.2 Å². The monoisotopic (exact) mass is 278 g/mol. The molecule has 3 rings (SSSR count). The second-order valence-corrected chi connectivity index (χ2v) is 6.06. The molecular weight excluding hydrogens is 260 g/mol. The summed E-state index contributed by atoms with van der Waals surface area (Å²) >= 11 is 0. The van der Waals surface area contributed by atoms with Gasteiger partial charge in [-0.2, -0.15) is 0 Å². The van der Waals surface area contributed by atoms with Crippen LogP contribution in [0, 0.1) is 15.5 Å². The van der Waals surface area contributed by atoms with Crippen molar-refractivity contribution < 1.29 is 14.4 Å². The van der Waals surface area contributed by atoms with Gasteiger partial charge in [0.05, 0.1) is 11.0 Å². The Morgan fingerprint density at radius 3 is 2.65 bits per heavy atom. The topological polar surface area (TPSA) is 73.6 Å². The predicted octanol–water partition coefficient (Wildman–Crippen LogP) is 3.31. The number of nitrogens with zero attached hydrogens (tertiary/aromatic N) is 1. The van der Waals surface area contributed by atoms with Crippen molar-refractivity contribution in [2.75, 3.05) is 12.1 Å². The summed E-state index contributed by atoms with van der Waals surface area (Å²) in [6.45, 7) is 4.50. The maximum atomic E-state index is 11.2. The number of nitro benzene ring substituents is 1. The Hall–Kier alpha value is -1.98. The molecule has 1 heterocycles. The van der Waals surface area contributed by atoms with Crippen molar-refractivity contribution in [3.63, 3.8) is 0 Å². The molecular formula is C14H18N2O4. The zero-order chi connectivity index (χ0) is 14.3. The summed E-state index contributed by atoms with van der Waals surface area (Å²) < 4.78 is 10.5. The molecule has 6 nitrogen and oxygen atoms in total. The Kier molecular flexibility index (Phi) is 2.96. The van der Waals surface area contributed by atoms with E-state index < -0.39 is 0 Å². The van der Waals surface area contributed by atoms with E-state index in [1.807, 2.05) is 0 Å². The highest BCUT2D eigenvalue weighted by Gasteiger charge is 2.36. The second kappa shape index (κ2) is 4.54. The lowest BCUT2D eigenvalue weighted by Crippen LogP contribution is -2.31. The van der Waals surface area contributed by atoms with Gasteiger partial charge in [0.25, 0.3) is 5.69 Å². The lowest BCUT2D eigenvalue weighted by atomic mass is 9.87. The lowest BCUT2D eigenvalue weighted by molar-refractivity contribution is -0.384. The minimum atomic E-state index is -0.383. The molecule has 1 aliphatic carbocycles. The predicted molar refractivity (Wildman–Crippen MR) is 74.3 cm³/mol. The largest absolute Gasteiger partial charge is 0.454 e. The van der Waals surface area contributed by atoms with Crippen molar-refractivity contribution in [1.29, 1.82) is 0 Å². The van der Waals surface area contributed by atoms with Crippen LogP contribution in [0.2, 0.25) is 0 Å². The fourth-order valence-corrected chi connectivity index (χ4v) is 2.98. The zero-order valence-electron chi connectivity index (χ0n) is 11.6. The molecule has 1 fully saturated rings. The third-order valence-electron chi connectivity index (χ3n) is 4.27. The first-order chi connectivity index (χ1) is 9.47. The second-order valence-electron chi connectivity index (χ2n) is 6.06. The number of nitrogens with one attached hydrogen (secondary N) is 1. The number of rotatable bonds is 3. The van der Waals surface area contributed by atoms with Crippen LogP contribution in [0.1, 0.15) is 33.1 Å². The van der Waals surface area contributed by atoms with E-state index in [2.05, 4.69) is 19.2 Å². The molecule has 1 aromatic rings. The molecule has 1 saturated carbocycles. The summed E-state index contributed by atoms with van der Waals surface area (Å²) in [5.41, 5.74) is 0.695. The molecule has 108 valence electrons. The van der Waals surface area contributed by atoms with Gasteiger partial charge in [0.2, 0.25) is 6.79 Å². The van der Waals surface area contributed by atoms with Crippen molar-refractivity contribution in [2.24, 2.45) is 5.41 Å². The smallest absolute Gasteiger partial charge is 0.296 e. The maximum Gasteiger partial charge on any atom is 0.296 e. The summed E-state index contributed by atoms with van der Waals surface area (Å²) in [5.74, 6) is 1.00. The molecule has 0 amide bonds. The van der Waals surface area contributed by atoms with Gasteiger partial charge in [-0.05, 0) is 18.3 Å². The highest BCUT2D eigenvalue weighted by atomic mass is 16.7. The van der Waals surface area contributed by atoms with E-state index in [1.54, 1.807) is 6.07 Å². The highest BCUT2D eigenvalue weighted by molar-refractivity contribution is 5.69. The van der Waals surface area contributed by atoms with Gasteiger partial charge in [0.1, 0.15) is 5.69 Å². The Bertz CT molecular complexity index is 556. The van der Waals surface area contributed by atoms with Gasteiger partial charge in [-0.1, -0.05) is 20.3 Å². The van der Waals surface area contributed by atoms with Crippen LogP contribution in [0.25, 0.3) is 0 Å². The molecule has 6 heteroatoms. The quantitative estimate of drug-likeness (QED) is 0.678. The van der Waals surface area contributed by atoms with Crippen molar-refractivity contribution in [3.05, 3.63) is 22.2 Å². The normalized spacial score (nSPS) is 22.8. The molecule has 2 aliphatic rings. The van der Waals surface area contributed by atoms with Gasteiger partial charge in [0, 0.05) is 12.1 Å². The molecule has 1 N–H and O–H groups in total. The molecule has 0 saturated heterocycles. The average molecular weight is 278 g/mol. The summed E-state index contributed by atoms with van der Waals surface area (Å²) in [6, 6.07) is 3.35. The van der Waals surface area contributed by atoms with E-state index in [9.17, 15) is 10.1 Å². The number of hydrogen-bond acceptors (Lipinski definition) is 5. The Balaban J connectivity index is 1.94. The average Bonchev–Trinajstić information content (AvgIpc) is 2.95. The summed E-state index contributed by atoms with van der Waals surface area (Å²) in [7, 11) is 0. The first-order valence-corrected chi connectivity index (χ1v) is 6.82. The number of fused-ring (bicyclic) bond motifs is 1. The minimum absolute atomic E-state index is 0.0388. The van der Waals surface area contributed by atoms with E-state index in [0.29, 0.717) is 17.2 Å². The Morgan fingerprint density at radius 2 is 2.05 bits per heavy atom. The SMILES string of the molecule is CC1(C)CCCC1Nc1cc2c(cc1[N+](=O)[O-])OCO2. The number of anilines is 1. The highest BCUT2D eigenvalue weighted by Crippen LogP contribution is 2.44. The zero-order valence-corrected chi connectivity index (χ0v) is 11.6. The Labute approximate surface area is 117 Å². The molecule has 1 aromatic carbocycles. The van der Waals surface area contributed by atoms with Crippen LogP contribution in [-0.4, -0.2) is 17.8 Å². The van der Waals surface area contributed by atoms with Crippen LogP contribution in [-0.2, 0) is 0 Å².